The average molecular weight is 438 g/mol. The molecule has 7 nitrogen and oxygen atoms in total. The van der Waals surface area contributed by atoms with Crippen LogP contribution in [0.15, 0.2) is 42.5 Å². The van der Waals surface area contributed by atoms with E-state index in [2.05, 4.69) is 4.90 Å². The molecule has 7 heteroatoms. The molecule has 32 heavy (non-hydrogen) atoms. The summed E-state index contributed by atoms with van der Waals surface area (Å²) in [7, 11) is 1.65. The van der Waals surface area contributed by atoms with Gasteiger partial charge in [-0.2, -0.15) is 0 Å². The van der Waals surface area contributed by atoms with Crippen molar-refractivity contribution < 1.29 is 19.1 Å². The number of rotatable bonds is 4. The molecule has 170 valence electrons. The summed E-state index contributed by atoms with van der Waals surface area (Å²) in [5, 5.41) is 0. The highest BCUT2D eigenvalue weighted by molar-refractivity contribution is 5.95. The molecule has 2 heterocycles. The molecule has 2 aliphatic heterocycles. The number of hydrogen-bond acceptors (Lipinski definition) is 5. The Bertz CT molecular complexity index is 997. The molecule has 1 fully saturated rings. The maximum absolute atomic E-state index is 12.9. The molecule has 0 radical (unpaired) electrons. The van der Waals surface area contributed by atoms with Gasteiger partial charge in [-0.25, -0.2) is 4.79 Å². The van der Waals surface area contributed by atoms with Gasteiger partial charge in [0.15, 0.2) is 0 Å². The van der Waals surface area contributed by atoms with E-state index in [1.807, 2.05) is 68.1 Å². The van der Waals surface area contributed by atoms with Crippen LogP contribution in [0.1, 0.15) is 37.5 Å². The molecule has 0 aromatic heterocycles. The third-order valence-corrected chi connectivity index (χ3v) is 5.74. The fourth-order valence-electron chi connectivity index (χ4n) is 4.12. The largest absolute Gasteiger partial charge is 0.497 e. The van der Waals surface area contributed by atoms with Crippen LogP contribution >= 0.6 is 0 Å². The molecule has 0 N–H and O–H groups in total. The van der Waals surface area contributed by atoms with Gasteiger partial charge in [0.05, 0.1) is 13.7 Å². The van der Waals surface area contributed by atoms with E-state index in [4.69, 9.17) is 9.47 Å². The molecular weight excluding hydrogens is 406 g/mol. The number of piperazine rings is 1. The molecule has 0 unspecified atom stereocenters. The second-order valence-corrected chi connectivity index (χ2v) is 9.39. The van der Waals surface area contributed by atoms with Crippen molar-refractivity contribution >= 4 is 17.7 Å². The summed E-state index contributed by atoms with van der Waals surface area (Å²) in [5.74, 6) is 0.920. The minimum atomic E-state index is -0.519. The molecule has 2 aromatic rings. The first-order chi connectivity index (χ1) is 15.2. The Labute approximate surface area is 189 Å². The second-order valence-electron chi connectivity index (χ2n) is 9.39. The monoisotopic (exact) mass is 437 g/mol. The summed E-state index contributed by atoms with van der Waals surface area (Å²) in [6, 6.07) is 14.0. The van der Waals surface area contributed by atoms with E-state index in [9.17, 15) is 9.59 Å². The van der Waals surface area contributed by atoms with Gasteiger partial charge in [-0.3, -0.25) is 14.6 Å². The maximum atomic E-state index is 12.9. The molecule has 2 amide bonds. The van der Waals surface area contributed by atoms with Gasteiger partial charge in [0.2, 0.25) is 5.91 Å². The van der Waals surface area contributed by atoms with E-state index >= 15 is 0 Å². The van der Waals surface area contributed by atoms with Gasteiger partial charge < -0.3 is 14.4 Å². The van der Waals surface area contributed by atoms with Crippen LogP contribution in [0.3, 0.4) is 0 Å². The van der Waals surface area contributed by atoms with Crippen LogP contribution in [0.4, 0.5) is 10.5 Å². The van der Waals surface area contributed by atoms with Crippen molar-refractivity contribution in [1.29, 1.82) is 0 Å². The number of hydrogen-bond donors (Lipinski definition) is 0. The van der Waals surface area contributed by atoms with Crippen molar-refractivity contribution in [1.82, 2.24) is 9.80 Å². The van der Waals surface area contributed by atoms with Crippen LogP contribution in [0, 0.1) is 0 Å². The number of ether oxygens (including phenoxy) is 2. The van der Waals surface area contributed by atoms with Crippen LogP contribution < -0.4 is 9.64 Å². The van der Waals surface area contributed by atoms with Crippen molar-refractivity contribution in [2.75, 3.05) is 31.6 Å². The summed E-state index contributed by atoms with van der Waals surface area (Å²) in [5.41, 5.74) is 3.71. The molecule has 0 spiro atoms. The average Bonchev–Trinajstić information content (AvgIpc) is 3.17. The van der Waals surface area contributed by atoms with Crippen molar-refractivity contribution in [3.05, 3.63) is 59.2 Å². The molecule has 0 saturated carbocycles. The first-order valence-corrected chi connectivity index (χ1v) is 11.0. The van der Waals surface area contributed by atoms with E-state index in [-0.39, 0.29) is 12.0 Å². The lowest BCUT2D eigenvalue weighted by molar-refractivity contribution is -0.121. The highest BCUT2D eigenvalue weighted by atomic mass is 16.6. The minimum Gasteiger partial charge on any atom is -0.497 e. The predicted octanol–water partition coefficient (Wildman–Crippen LogP) is 3.79. The molecule has 0 atom stereocenters. The maximum Gasteiger partial charge on any atom is 0.410 e. The lowest BCUT2D eigenvalue weighted by atomic mass is 10.1. The number of nitrogens with zero attached hydrogens (tertiary/aromatic N) is 3. The fraction of sp³-hybridized carbons (Fsp3) is 0.440. The molecular formula is C25H31N3O4. The number of benzene rings is 2. The first-order valence-electron chi connectivity index (χ1n) is 11.0. The third kappa shape index (κ3) is 5.05. The Kier molecular flexibility index (Phi) is 6.11. The first kappa shape index (κ1) is 22.1. The van der Waals surface area contributed by atoms with Crippen LogP contribution in [0.25, 0.3) is 0 Å². The normalized spacial score (nSPS) is 16.8. The summed E-state index contributed by atoms with van der Waals surface area (Å²) in [4.78, 5) is 31.0. The molecule has 1 saturated heterocycles. The van der Waals surface area contributed by atoms with Crippen LogP contribution in [-0.2, 0) is 29.2 Å². The zero-order chi connectivity index (χ0) is 22.9. The predicted molar refractivity (Wildman–Crippen MR) is 123 cm³/mol. The van der Waals surface area contributed by atoms with Gasteiger partial charge in [0.1, 0.15) is 11.4 Å². The van der Waals surface area contributed by atoms with E-state index < -0.39 is 5.60 Å². The highest BCUT2D eigenvalue weighted by Crippen LogP contribution is 2.29. The molecule has 0 bridgehead atoms. The lowest BCUT2D eigenvalue weighted by Gasteiger charge is -2.34. The van der Waals surface area contributed by atoms with Gasteiger partial charge >= 0.3 is 6.09 Å². The smallest absolute Gasteiger partial charge is 0.410 e. The van der Waals surface area contributed by atoms with Gasteiger partial charge in [0.25, 0.3) is 0 Å². The van der Waals surface area contributed by atoms with E-state index in [1.165, 1.54) is 0 Å². The Hall–Kier alpha value is -3.06. The number of carbonyl (C=O) groups is 2. The van der Waals surface area contributed by atoms with Gasteiger partial charge in [-0.15, -0.1) is 0 Å². The molecule has 2 aliphatic rings. The lowest BCUT2D eigenvalue weighted by Crippen LogP contribution is -2.50. The number of amides is 2. The quantitative estimate of drug-likeness (QED) is 0.728. The number of fused-ring (bicyclic) bond motifs is 1. The second kappa shape index (κ2) is 8.82. The Morgan fingerprint density at radius 1 is 0.969 bits per heavy atom. The van der Waals surface area contributed by atoms with Gasteiger partial charge in [-0.1, -0.05) is 18.2 Å². The third-order valence-electron chi connectivity index (χ3n) is 5.74. The Morgan fingerprint density at radius 2 is 1.69 bits per heavy atom. The van der Waals surface area contributed by atoms with Gasteiger partial charge in [0, 0.05) is 38.4 Å². The van der Waals surface area contributed by atoms with E-state index in [0.717, 1.165) is 41.2 Å². The SMILES string of the molecule is COc1ccc(CN2CCN(c3ccc4c(c3)CN(C(=O)OC(C)(C)C)C4)C(=O)C2)cc1. The zero-order valence-corrected chi connectivity index (χ0v) is 19.3. The summed E-state index contributed by atoms with van der Waals surface area (Å²) in [6.07, 6.45) is -0.307. The number of anilines is 1. The summed E-state index contributed by atoms with van der Waals surface area (Å²) >= 11 is 0. The summed E-state index contributed by atoms with van der Waals surface area (Å²) in [6.45, 7) is 9.20. The number of carbonyl (C=O) groups excluding carboxylic acids is 2. The van der Waals surface area contributed by atoms with Crippen molar-refractivity contribution in [3.63, 3.8) is 0 Å². The number of methoxy groups -OCH3 is 1. The highest BCUT2D eigenvalue weighted by Gasteiger charge is 2.30. The fourth-order valence-corrected chi connectivity index (χ4v) is 4.12. The van der Waals surface area contributed by atoms with Crippen LogP contribution in [0.2, 0.25) is 0 Å². The van der Waals surface area contributed by atoms with E-state index in [1.54, 1.807) is 12.0 Å². The minimum absolute atomic E-state index is 0.0895. The Morgan fingerprint density at radius 3 is 2.34 bits per heavy atom. The molecule has 2 aromatic carbocycles. The van der Waals surface area contributed by atoms with Crippen molar-refractivity contribution in [2.24, 2.45) is 0 Å². The van der Waals surface area contributed by atoms with Crippen LogP contribution in [-0.4, -0.2) is 54.1 Å². The Balaban J connectivity index is 1.37. The summed E-state index contributed by atoms with van der Waals surface area (Å²) < 4.78 is 10.7. The standard InChI is InChI=1S/C25H31N3O4/c1-25(2,3)32-24(30)27-15-19-7-8-21(13-20(19)16-27)28-12-11-26(17-23(28)29)14-18-5-9-22(31-4)10-6-18/h5-10,13H,11-12,14-17H2,1-4H3. The molecule has 0 aliphatic carbocycles. The molecule has 4 rings (SSSR count). The van der Waals surface area contributed by atoms with E-state index in [0.29, 0.717) is 26.2 Å². The zero-order valence-electron chi connectivity index (χ0n) is 19.3. The van der Waals surface area contributed by atoms with Crippen molar-refractivity contribution in [3.8, 4) is 5.75 Å². The van der Waals surface area contributed by atoms with Crippen molar-refractivity contribution in [2.45, 2.75) is 46.0 Å². The van der Waals surface area contributed by atoms with Gasteiger partial charge in [-0.05, 0) is 61.7 Å². The van der Waals surface area contributed by atoms with Crippen LogP contribution in [0.5, 0.6) is 5.75 Å². The topological polar surface area (TPSA) is 62.3 Å².